The Bertz CT molecular complexity index is 585. The van der Waals surface area contributed by atoms with Gasteiger partial charge in [-0.15, -0.1) is 0 Å². The first-order valence-electron chi connectivity index (χ1n) is 7.28. The zero-order chi connectivity index (χ0) is 15.2. The largest absolute Gasteiger partial charge is 0.387 e. The molecular weight excluding hydrogens is 265 g/mol. The molecule has 0 radical (unpaired) electrons. The predicted molar refractivity (Wildman–Crippen MR) is 83.7 cm³/mol. The van der Waals surface area contributed by atoms with Crippen molar-refractivity contribution in [2.24, 2.45) is 0 Å². The lowest BCUT2D eigenvalue weighted by molar-refractivity contribution is 0.166. The Hall–Kier alpha value is -1.71. The van der Waals surface area contributed by atoms with Crippen LogP contribution in [0.4, 0.5) is 4.39 Å². The lowest BCUT2D eigenvalue weighted by Crippen LogP contribution is -2.32. The van der Waals surface area contributed by atoms with E-state index in [0.717, 1.165) is 6.42 Å². The van der Waals surface area contributed by atoms with Crippen LogP contribution in [0, 0.1) is 12.7 Å². The second-order valence-corrected chi connectivity index (χ2v) is 5.48. The fourth-order valence-corrected chi connectivity index (χ4v) is 2.41. The topological polar surface area (TPSA) is 32.3 Å². The van der Waals surface area contributed by atoms with E-state index < -0.39 is 6.10 Å². The molecule has 0 bridgehead atoms. The minimum atomic E-state index is -0.828. The summed E-state index contributed by atoms with van der Waals surface area (Å²) < 4.78 is 13.6. The van der Waals surface area contributed by atoms with Gasteiger partial charge >= 0.3 is 0 Å². The highest BCUT2D eigenvalue weighted by Gasteiger charge is 2.13. The van der Waals surface area contributed by atoms with Gasteiger partial charge in [0, 0.05) is 18.2 Å². The molecule has 112 valence electrons. The van der Waals surface area contributed by atoms with Crippen molar-refractivity contribution in [3.8, 4) is 0 Å². The van der Waals surface area contributed by atoms with Crippen LogP contribution in [0.1, 0.15) is 29.7 Å². The third-order valence-corrected chi connectivity index (χ3v) is 3.71. The summed E-state index contributed by atoms with van der Waals surface area (Å²) in [6, 6.07) is 14.8. The van der Waals surface area contributed by atoms with Crippen LogP contribution in [0.15, 0.2) is 48.5 Å². The lowest BCUT2D eigenvalue weighted by atomic mass is 10.0. The molecular formula is C18H22FNO. The molecule has 2 atom stereocenters. The van der Waals surface area contributed by atoms with Crippen LogP contribution in [0.3, 0.4) is 0 Å². The highest BCUT2D eigenvalue weighted by Crippen LogP contribution is 2.16. The number of aliphatic hydroxyl groups excluding tert-OH is 1. The van der Waals surface area contributed by atoms with Gasteiger partial charge < -0.3 is 10.4 Å². The maximum Gasteiger partial charge on any atom is 0.129 e. The summed E-state index contributed by atoms with van der Waals surface area (Å²) in [5.41, 5.74) is 2.90. The molecule has 0 spiro atoms. The van der Waals surface area contributed by atoms with Crippen molar-refractivity contribution >= 4 is 0 Å². The molecule has 2 rings (SSSR count). The molecule has 0 saturated carbocycles. The summed E-state index contributed by atoms with van der Waals surface area (Å²) in [5.74, 6) is -0.363. The van der Waals surface area contributed by atoms with Gasteiger partial charge in [0.15, 0.2) is 0 Å². The summed E-state index contributed by atoms with van der Waals surface area (Å²) in [6.45, 7) is 4.50. The average Bonchev–Trinajstić information content (AvgIpc) is 2.48. The van der Waals surface area contributed by atoms with E-state index in [2.05, 4.69) is 31.3 Å². The monoisotopic (exact) mass is 287 g/mol. The van der Waals surface area contributed by atoms with E-state index in [0.29, 0.717) is 12.1 Å². The maximum atomic E-state index is 13.6. The SMILES string of the molecule is Cc1ccccc1CC(C)NCC(O)c1ccccc1F. The molecule has 2 nitrogen and oxygen atoms in total. The summed E-state index contributed by atoms with van der Waals surface area (Å²) in [6.07, 6.45) is 0.0574. The van der Waals surface area contributed by atoms with Gasteiger partial charge in [-0.2, -0.15) is 0 Å². The third-order valence-electron chi connectivity index (χ3n) is 3.71. The Kier molecular flexibility index (Phi) is 5.48. The van der Waals surface area contributed by atoms with Crippen LogP contribution in [0.5, 0.6) is 0 Å². The highest BCUT2D eigenvalue weighted by molar-refractivity contribution is 5.26. The van der Waals surface area contributed by atoms with Gasteiger partial charge in [-0.05, 0) is 37.5 Å². The van der Waals surface area contributed by atoms with Crippen LogP contribution < -0.4 is 5.32 Å². The molecule has 2 aromatic carbocycles. The van der Waals surface area contributed by atoms with Crippen molar-refractivity contribution in [3.05, 3.63) is 71.0 Å². The molecule has 2 unspecified atom stereocenters. The molecule has 21 heavy (non-hydrogen) atoms. The predicted octanol–water partition coefficient (Wildman–Crippen LogP) is 3.39. The van der Waals surface area contributed by atoms with Gasteiger partial charge in [0.1, 0.15) is 5.82 Å². The Morgan fingerprint density at radius 3 is 2.48 bits per heavy atom. The molecule has 0 aliphatic heterocycles. The van der Waals surface area contributed by atoms with Gasteiger partial charge in [0.05, 0.1) is 6.10 Å². The Morgan fingerprint density at radius 2 is 1.76 bits per heavy atom. The fourth-order valence-electron chi connectivity index (χ4n) is 2.41. The van der Waals surface area contributed by atoms with Crippen LogP contribution in [0.2, 0.25) is 0 Å². The lowest BCUT2D eigenvalue weighted by Gasteiger charge is -2.18. The fraction of sp³-hybridized carbons (Fsp3) is 0.333. The first-order chi connectivity index (χ1) is 10.1. The van der Waals surface area contributed by atoms with Crippen molar-refractivity contribution in [2.45, 2.75) is 32.4 Å². The Balaban J connectivity index is 1.88. The zero-order valence-electron chi connectivity index (χ0n) is 12.5. The van der Waals surface area contributed by atoms with Gasteiger partial charge in [0.2, 0.25) is 0 Å². The van der Waals surface area contributed by atoms with E-state index in [4.69, 9.17) is 0 Å². The van der Waals surface area contributed by atoms with Crippen molar-refractivity contribution in [3.63, 3.8) is 0 Å². The van der Waals surface area contributed by atoms with Crippen molar-refractivity contribution < 1.29 is 9.50 Å². The minimum Gasteiger partial charge on any atom is -0.387 e. The number of benzene rings is 2. The number of nitrogens with one attached hydrogen (secondary N) is 1. The third kappa shape index (κ3) is 4.38. The number of halogens is 1. The number of rotatable bonds is 6. The van der Waals surface area contributed by atoms with Crippen LogP contribution >= 0.6 is 0 Å². The van der Waals surface area contributed by atoms with Gasteiger partial charge in [-0.25, -0.2) is 4.39 Å². The Morgan fingerprint density at radius 1 is 1.10 bits per heavy atom. The summed E-state index contributed by atoms with van der Waals surface area (Å²) in [4.78, 5) is 0. The van der Waals surface area contributed by atoms with Crippen molar-refractivity contribution in [2.75, 3.05) is 6.54 Å². The van der Waals surface area contributed by atoms with Crippen LogP contribution in [-0.4, -0.2) is 17.7 Å². The second-order valence-electron chi connectivity index (χ2n) is 5.48. The van der Waals surface area contributed by atoms with E-state index >= 15 is 0 Å². The number of aliphatic hydroxyl groups is 1. The van der Waals surface area contributed by atoms with E-state index in [1.807, 2.05) is 12.1 Å². The Labute approximate surface area is 125 Å². The quantitative estimate of drug-likeness (QED) is 0.853. The highest BCUT2D eigenvalue weighted by atomic mass is 19.1. The molecule has 0 fully saturated rings. The summed E-state index contributed by atoms with van der Waals surface area (Å²) in [7, 11) is 0. The normalized spacial score (nSPS) is 13.9. The molecule has 0 aliphatic rings. The average molecular weight is 287 g/mol. The van der Waals surface area contributed by atoms with Crippen LogP contribution in [-0.2, 0) is 6.42 Å². The minimum absolute atomic E-state index is 0.215. The molecule has 0 heterocycles. The van der Waals surface area contributed by atoms with E-state index in [1.165, 1.54) is 17.2 Å². The molecule has 0 aliphatic carbocycles. The van der Waals surface area contributed by atoms with Crippen molar-refractivity contribution in [1.82, 2.24) is 5.32 Å². The van der Waals surface area contributed by atoms with Gasteiger partial charge in [0.25, 0.3) is 0 Å². The number of aryl methyl sites for hydroxylation is 1. The standard InChI is InChI=1S/C18H22FNO/c1-13-7-3-4-8-15(13)11-14(2)20-12-18(21)16-9-5-6-10-17(16)19/h3-10,14,18,20-21H,11-12H2,1-2H3. The summed E-state index contributed by atoms with van der Waals surface area (Å²) >= 11 is 0. The molecule has 0 saturated heterocycles. The number of hydrogen-bond donors (Lipinski definition) is 2. The van der Waals surface area contributed by atoms with E-state index in [1.54, 1.807) is 18.2 Å². The maximum absolute atomic E-state index is 13.6. The molecule has 0 amide bonds. The van der Waals surface area contributed by atoms with E-state index in [-0.39, 0.29) is 11.9 Å². The van der Waals surface area contributed by atoms with Gasteiger partial charge in [-0.3, -0.25) is 0 Å². The summed E-state index contributed by atoms with van der Waals surface area (Å²) in [5, 5.41) is 13.3. The van der Waals surface area contributed by atoms with Crippen molar-refractivity contribution in [1.29, 1.82) is 0 Å². The van der Waals surface area contributed by atoms with Gasteiger partial charge in [-0.1, -0.05) is 42.5 Å². The molecule has 2 aromatic rings. The molecule has 0 aromatic heterocycles. The van der Waals surface area contributed by atoms with Crippen LogP contribution in [0.25, 0.3) is 0 Å². The number of hydrogen-bond acceptors (Lipinski definition) is 2. The molecule has 2 N–H and O–H groups in total. The smallest absolute Gasteiger partial charge is 0.129 e. The second kappa shape index (κ2) is 7.34. The molecule has 3 heteroatoms. The first kappa shape index (κ1) is 15.7. The zero-order valence-corrected chi connectivity index (χ0v) is 12.5. The first-order valence-corrected chi connectivity index (χ1v) is 7.28. The van der Waals surface area contributed by atoms with E-state index in [9.17, 15) is 9.50 Å².